The highest BCUT2D eigenvalue weighted by molar-refractivity contribution is 7.09. The second kappa shape index (κ2) is 7.92. The number of thiophene rings is 1. The normalized spacial score (nSPS) is 11.4. The molecule has 3 nitrogen and oxygen atoms in total. The minimum Gasteiger partial charge on any atom is -0.399 e. The molecule has 0 aliphatic heterocycles. The van der Waals surface area contributed by atoms with Crippen LogP contribution in [0, 0.1) is 0 Å². The van der Waals surface area contributed by atoms with E-state index in [0.717, 1.165) is 17.7 Å². The highest BCUT2D eigenvalue weighted by Crippen LogP contribution is 2.11. The Morgan fingerprint density at radius 3 is 2.60 bits per heavy atom. The van der Waals surface area contributed by atoms with Crippen LogP contribution in [0.4, 0.5) is 5.69 Å². The topological polar surface area (TPSA) is 55.1 Å². The highest BCUT2D eigenvalue weighted by atomic mass is 35.5. The van der Waals surface area contributed by atoms with Crippen molar-refractivity contribution in [1.29, 1.82) is 0 Å². The molecular weight excluding hydrogens is 292 g/mol. The second-order valence-electron chi connectivity index (χ2n) is 4.67. The first-order valence-electron chi connectivity index (χ1n) is 6.29. The number of anilines is 1. The van der Waals surface area contributed by atoms with E-state index in [0.29, 0.717) is 6.42 Å². The van der Waals surface area contributed by atoms with Crippen LogP contribution in [0.1, 0.15) is 17.4 Å². The van der Waals surface area contributed by atoms with Gasteiger partial charge in [-0.3, -0.25) is 4.79 Å². The van der Waals surface area contributed by atoms with Gasteiger partial charge < -0.3 is 11.1 Å². The Hall–Kier alpha value is -1.52. The number of rotatable bonds is 5. The molecule has 0 aliphatic carbocycles. The summed E-state index contributed by atoms with van der Waals surface area (Å²) in [5.41, 5.74) is 7.31. The Balaban J connectivity index is 0.00000200. The lowest BCUT2D eigenvalue weighted by Gasteiger charge is -2.13. The average molecular weight is 311 g/mol. The van der Waals surface area contributed by atoms with E-state index in [9.17, 15) is 4.79 Å². The van der Waals surface area contributed by atoms with Gasteiger partial charge in [-0.1, -0.05) is 18.2 Å². The predicted molar refractivity (Wildman–Crippen MR) is 87.4 cm³/mol. The number of hydrogen-bond acceptors (Lipinski definition) is 3. The predicted octanol–water partition coefficient (Wildman–Crippen LogP) is 3.04. The van der Waals surface area contributed by atoms with Crippen LogP contribution in [0.5, 0.6) is 0 Å². The third-order valence-electron chi connectivity index (χ3n) is 2.84. The van der Waals surface area contributed by atoms with Crippen LogP contribution in [0.15, 0.2) is 41.8 Å². The number of nitrogens with one attached hydrogen (secondary N) is 1. The summed E-state index contributed by atoms with van der Waals surface area (Å²) in [6, 6.07) is 11.7. The lowest BCUT2D eigenvalue weighted by molar-refractivity contribution is -0.121. The van der Waals surface area contributed by atoms with Crippen molar-refractivity contribution < 1.29 is 4.79 Å². The van der Waals surface area contributed by atoms with Crippen LogP contribution in [-0.4, -0.2) is 11.9 Å². The van der Waals surface area contributed by atoms with E-state index in [1.54, 1.807) is 11.3 Å². The van der Waals surface area contributed by atoms with Crippen molar-refractivity contribution in [3.8, 4) is 0 Å². The molecule has 0 aliphatic rings. The van der Waals surface area contributed by atoms with E-state index in [1.807, 2.05) is 37.3 Å². The van der Waals surface area contributed by atoms with Crippen molar-refractivity contribution >= 4 is 35.3 Å². The van der Waals surface area contributed by atoms with Gasteiger partial charge in [0.25, 0.3) is 0 Å². The third kappa shape index (κ3) is 5.23. The number of hydrogen-bond donors (Lipinski definition) is 2. The van der Waals surface area contributed by atoms with Gasteiger partial charge >= 0.3 is 0 Å². The molecule has 108 valence electrons. The molecule has 1 aromatic carbocycles. The molecule has 1 aromatic heterocycles. The maximum absolute atomic E-state index is 11.9. The molecule has 0 saturated heterocycles. The van der Waals surface area contributed by atoms with Crippen molar-refractivity contribution in [3.05, 3.63) is 52.2 Å². The van der Waals surface area contributed by atoms with Crippen molar-refractivity contribution in [3.63, 3.8) is 0 Å². The Labute approximate surface area is 129 Å². The van der Waals surface area contributed by atoms with E-state index in [2.05, 4.69) is 16.8 Å². The molecule has 5 heteroatoms. The van der Waals surface area contributed by atoms with Crippen molar-refractivity contribution in [2.75, 3.05) is 5.73 Å². The largest absolute Gasteiger partial charge is 0.399 e. The number of benzene rings is 1. The first kappa shape index (κ1) is 16.5. The third-order valence-corrected chi connectivity index (χ3v) is 3.74. The van der Waals surface area contributed by atoms with Gasteiger partial charge in [-0.05, 0) is 36.1 Å². The van der Waals surface area contributed by atoms with Gasteiger partial charge in [0.1, 0.15) is 0 Å². The molecule has 1 atom stereocenters. The maximum atomic E-state index is 11.9. The summed E-state index contributed by atoms with van der Waals surface area (Å²) in [7, 11) is 0. The zero-order valence-corrected chi connectivity index (χ0v) is 13.0. The summed E-state index contributed by atoms with van der Waals surface area (Å²) in [6.07, 6.45) is 1.28. The van der Waals surface area contributed by atoms with Gasteiger partial charge in [0.2, 0.25) is 5.91 Å². The second-order valence-corrected chi connectivity index (χ2v) is 5.70. The molecule has 1 heterocycles. The number of amides is 1. The summed E-state index contributed by atoms with van der Waals surface area (Å²) in [5.74, 6) is 0.0498. The fourth-order valence-electron chi connectivity index (χ4n) is 1.93. The Bertz CT molecular complexity index is 525. The molecule has 2 rings (SSSR count). The van der Waals surface area contributed by atoms with E-state index >= 15 is 0 Å². The first-order valence-corrected chi connectivity index (χ1v) is 7.17. The molecule has 20 heavy (non-hydrogen) atoms. The van der Waals surface area contributed by atoms with Gasteiger partial charge in [0, 0.05) is 23.0 Å². The molecular formula is C15H19ClN2OS. The number of nitrogens with two attached hydrogens (primary N) is 1. The van der Waals surface area contributed by atoms with Gasteiger partial charge in [-0.25, -0.2) is 0 Å². The van der Waals surface area contributed by atoms with Gasteiger partial charge in [0.15, 0.2) is 0 Å². The molecule has 0 radical (unpaired) electrons. The summed E-state index contributed by atoms with van der Waals surface area (Å²) in [5, 5.41) is 5.07. The van der Waals surface area contributed by atoms with Gasteiger partial charge in [-0.2, -0.15) is 0 Å². The van der Waals surface area contributed by atoms with E-state index in [1.165, 1.54) is 4.88 Å². The Morgan fingerprint density at radius 2 is 2.00 bits per heavy atom. The molecule has 2 aromatic rings. The SMILES string of the molecule is CC(Cc1cccs1)NC(=O)Cc1ccc(N)cc1.Cl. The van der Waals surface area contributed by atoms with Crippen molar-refractivity contribution in [2.45, 2.75) is 25.8 Å². The maximum Gasteiger partial charge on any atom is 0.224 e. The van der Waals surface area contributed by atoms with E-state index in [4.69, 9.17) is 5.73 Å². The molecule has 0 saturated carbocycles. The quantitative estimate of drug-likeness (QED) is 0.834. The standard InChI is InChI=1S/C15H18N2OS.ClH/c1-11(9-14-3-2-8-19-14)17-15(18)10-12-4-6-13(16)7-5-12;/h2-8,11H,9-10,16H2,1H3,(H,17,18);1H. The molecule has 0 fully saturated rings. The van der Waals surface area contributed by atoms with Gasteiger partial charge in [-0.15, -0.1) is 23.7 Å². The minimum absolute atomic E-state index is 0. The zero-order valence-electron chi connectivity index (χ0n) is 11.3. The Morgan fingerprint density at radius 1 is 1.30 bits per heavy atom. The summed E-state index contributed by atoms with van der Waals surface area (Å²) >= 11 is 1.72. The van der Waals surface area contributed by atoms with Crippen LogP contribution in [0.2, 0.25) is 0 Å². The van der Waals surface area contributed by atoms with Crippen LogP contribution in [0.3, 0.4) is 0 Å². The number of nitrogen functional groups attached to an aromatic ring is 1. The highest BCUT2D eigenvalue weighted by Gasteiger charge is 2.09. The van der Waals surface area contributed by atoms with Crippen molar-refractivity contribution in [1.82, 2.24) is 5.32 Å². The summed E-state index contributed by atoms with van der Waals surface area (Å²) < 4.78 is 0. The average Bonchev–Trinajstić information content (AvgIpc) is 2.84. The molecule has 1 unspecified atom stereocenters. The van der Waals surface area contributed by atoms with E-state index < -0.39 is 0 Å². The van der Waals surface area contributed by atoms with Crippen molar-refractivity contribution in [2.24, 2.45) is 0 Å². The molecule has 3 N–H and O–H groups in total. The van der Waals surface area contributed by atoms with Gasteiger partial charge in [0.05, 0.1) is 6.42 Å². The smallest absolute Gasteiger partial charge is 0.224 e. The minimum atomic E-state index is 0. The number of halogens is 1. The fraction of sp³-hybridized carbons (Fsp3) is 0.267. The summed E-state index contributed by atoms with van der Waals surface area (Å²) in [4.78, 5) is 13.2. The van der Waals surface area contributed by atoms with Crippen LogP contribution < -0.4 is 11.1 Å². The Kier molecular flexibility index (Phi) is 6.55. The lowest BCUT2D eigenvalue weighted by Crippen LogP contribution is -2.34. The molecule has 1 amide bonds. The van der Waals surface area contributed by atoms with Crippen LogP contribution >= 0.6 is 23.7 Å². The lowest BCUT2D eigenvalue weighted by atomic mass is 10.1. The zero-order chi connectivity index (χ0) is 13.7. The van der Waals surface area contributed by atoms with Crippen LogP contribution in [0.25, 0.3) is 0 Å². The molecule has 0 spiro atoms. The summed E-state index contributed by atoms with van der Waals surface area (Å²) in [6.45, 7) is 2.03. The number of carbonyl (C=O) groups is 1. The van der Waals surface area contributed by atoms with E-state index in [-0.39, 0.29) is 24.4 Å². The fourth-order valence-corrected chi connectivity index (χ4v) is 2.76. The number of carbonyl (C=O) groups excluding carboxylic acids is 1. The monoisotopic (exact) mass is 310 g/mol. The van der Waals surface area contributed by atoms with Crippen LogP contribution in [-0.2, 0) is 17.6 Å². The molecule has 0 bridgehead atoms. The first-order chi connectivity index (χ1) is 9.13.